The minimum Gasteiger partial charge on any atom is -0.334 e. The molecule has 5 nitrogen and oxygen atoms in total. The molecule has 0 bridgehead atoms. The molecule has 0 atom stereocenters. The molecule has 4 aromatic rings. The molecule has 0 saturated carbocycles. The van der Waals surface area contributed by atoms with E-state index in [2.05, 4.69) is 26.5 Å². The van der Waals surface area contributed by atoms with Crippen LogP contribution in [0.5, 0.6) is 0 Å². The molecule has 4 aromatic heterocycles. The van der Waals surface area contributed by atoms with Gasteiger partial charge in [0, 0.05) is 18.9 Å². The zero-order valence-corrected chi connectivity index (χ0v) is 13.7. The Hall–Kier alpha value is -2.73. The van der Waals surface area contributed by atoms with Gasteiger partial charge in [-0.25, -0.2) is 14.5 Å². The van der Waals surface area contributed by atoms with Crippen molar-refractivity contribution in [3.63, 3.8) is 0 Å². The summed E-state index contributed by atoms with van der Waals surface area (Å²) in [6.45, 7) is 2.02. The number of aryl methyl sites for hydroxylation is 2. The van der Waals surface area contributed by atoms with Crippen molar-refractivity contribution >= 4 is 29.1 Å². The van der Waals surface area contributed by atoms with Crippen LogP contribution in [-0.2, 0) is 7.05 Å². The van der Waals surface area contributed by atoms with Crippen molar-refractivity contribution in [2.45, 2.75) is 6.92 Å². The van der Waals surface area contributed by atoms with Gasteiger partial charge < -0.3 is 4.57 Å². The van der Waals surface area contributed by atoms with Gasteiger partial charge in [0.2, 0.25) is 0 Å². The summed E-state index contributed by atoms with van der Waals surface area (Å²) < 4.78 is 3.85. The number of nitrogens with zero attached hydrogens (tertiary/aromatic N) is 5. The van der Waals surface area contributed by atoms with Crippen molar-refractivity contribution in [2.75, 3.05) is 0 Å². The van der Waals surface area contributed by atoms with Crippen LogP contribution >= 0.6 is 11.3 Å². The summed E-state index contributed by atoms with van der Waals surface area (Å²) in [4.78, 5) is 10.3. The highest BCUT2D eigenvalue weighted by Crippen LogP contribution is 2.23. The molecular formula is C17H15N5S. The van der Waals surface area contributed by atoms with E-state index in [-0.39, 0.29) is 0 Å². The molecule has 0 aliphatic carbocycles. The molecule has 0 unspecified atom stereocenters. The normalized spacial score (nSPS) is 11.7. The molecule has 0 saturated heterocycles. The molecule has 4 heterocycles. The molecule has 0 amide bonds. The second-order valence-corrected chi connectivity index (χ2v) is 6.26. The summed E-state index contributed by atoms with van der Waals surface area (Å²) in [5.41, 5.74) is 2.90. The Balaban J connectivity index is 1.66. The highest BCUT2D eigenvalue weighted by atomic mass is 32.1. The van der Waals surface area contributed by atoms with Crippen LogP contribution in [0, 0.1) is 6.92 Å². The average molecular weight is 321 g/mol. The van der Waals surface area contributed by atoms with Crippen molar-refractivity contribution in [2.24, 2.45) is 7.05 Å². The van der Waals surface area contributed by atoms with E-state index in [1.807, 2.05) is 65.7 Å². The van der Waals surface area contributed by atoms with Crippen molar-refractivity contribution in [1.82, 2.24) is 24.1 Å². The van der Waals surface area contributed by atoms with Gasteiger partial charge in [-0.15, -0.1) is 16.4 Å². The molecule has 0 spiro atoms. The number of thiophene rings is 1. The maximum atomic E-state index is 4.66. The molecule has 114 valence electrons. The SMILES string of the molecule is Cc1cccc2nc(C=Cc3nc(-c4cccs4)cn3C)nn12. The molecule has 6 heteroatoms. The second-order valence-electron chi connectivity index (χ2n) is 5.31. The third kappa shape index (κ3) is 2.57. The van der Waals surface area contributed by atoms with Gasteiger partial charge in [0.15, 0.2) is 11.5 Å². The highest BCUT2D eigenvalue weighted by Gasteiger charge is 2.07. The summed E-state index contributed by atoms with van der Waals surface area (Å²) in [5, 5.41) is 6.56. The van der Waals surface area contributed by atoms with Crippen molar-refractivity contribution < 1.29 is 0 Å². The highest BCUT2D eigenvalue weighted by molar-refractivity contribution is 7.13. The summed E-state index contributed by atoms with van der Waals surface area (Å²) >= 11 is 1.69. The molecule has 0 aliphatic heterocycles. The van der Waals surface area contributed by atoms with Crippen LogP contribution in [-0.4, -0.2) is 24.1 Å². The van der Waals surface area contributed by atoms with Crippen LogP contribution in [0.4, 0.5) is 0 Å². The number of aromatic nitrogens is 5. The van der Waals surface area contributed by atoms with E-state index in [1.54, 1.807) is 11.3 Å². The Morgan fingerprint density at radius 1 is 1.09 bits per heavy atom. The zero-order chi connectivity index (χ0) is 15.8. The Kier molecular flexibility index (Phi) is 3.31. The predicted molar refractivity (Wildman–Crippen MR) is 93.2 cm³/mol. The Morgan fingerprint density at radius 3 is 2.78 bits per heavy atom. The van der Waals surface area contributed by atoms with Gasteiger partial charge in [0.05, 0.1) is 10.6 Å². The Bertz CT molecular complexity index is 992. The van der Waals surface area contributed by atoms with E-state index in [0.29, 0.717) is 5.82 Å². The third-order valence-electron chi connectivity index (χ3n) is 3.63. The average Bonchev–Trinajstić information content (AvgIpc) is 3.24. The van der Waals surface area contributed by atoms with Gasteiger partial charge in [0.25, 0.3) is 0 Å². The van der Waals surface area contributed by atoms with E-state index < -0.39 is 0 Å². The first-order valence-electron chi connectivity index (χ1n) is 7.28. The smallest absolute Gasteiger partial charge is 0.175 e. The largest absolute Gasteiger partial charge is 0.334 e. The van der Waals surface area contributed by atoms with Crippen LogP contribution in [0.2, 0.25) is 0 Å². The first-order chi connectivity index (χ1) is 11.2. The molecular weight excluding hydrogens is 306 g/mol. The van der Waals surface area contributed by atoms with Crippen molar-refractivity contribution in [1.29, 1.82) is 0 Å². The molecule has 23 heavy (non-hydrogen) atoms. The molecule has 0 N–H and O–H groups in total. The number of imidazole rings is 1. The van der Waals surface area contributed by atoms with Crippen LogP contribution < -0.4 is 0 Å². The topological polar surface area (TPSA) is 48.0 Å². The maximum Gasteiger partial charge on any atom is 0.175 e. The van der Waals surface area contributed by atoms with E-state index in [9.17, 15) is 0 Å². The lowest BCUT2D eigenvalue weighted by molar-refractivity contribution is 0.896. The first-order valence-corrected chi connectivity index (χ1v) is 8.16. The number of rotatable bonds is 3. The van der Waals surface area contributed by atoms with Gasteiger partial charge in [-0.1, -0.05) is 12.1 Å². The van der Waals surface area contributed by atoms with Crippen LogP contribution in [0.15, 0.2) is 41.9 Å². The molecule has 0 fully saturated rings. The van der Waals surface area contributed by atoms with Crippen LogP contribution in [0.1, 0.15) is 17.3 Å². The van der Waals surface area contributed by atoms with Gasteiger partial charge in [-0.05, 0) is 42.7 Å². The lowest BCUT2D eigenvalue weighted by Gasteiger charge is -1.93. The Morgan fingerprint density at radius 2 is 2.00 bits per heavy atom. The summed E-state index contributed by atoms with van der Waals surface area (Å²) in [6, 6.07) is 10.1. The first kappa shape index (κ1) is 13.9. The molecule has 0 aromatic carbocycles. The number of hydrogen-bond donors (Lipinski definition) is 0. The molecule has 0 aliphatic rings. The lowest BCUT2D eigenvalue weighted by Crippen LogP contribution is -1.92. The Labute approximate surface area is 137 Å². The van der Waals surface area contributed by atoms with Gasteiger partial charge in [-0.2, -0.15) is 0 Å². The summed E-state index contributed by atoms with van der Waals surface area (Å²) in [5.74, 6) is 1.56. The molecule has 0 radical (unpaired) electrons. The lowest BCUT2D eigenvalue weighted by atomic mass is 10.4. The fraction of sp³-hybridized carbons (Fsp3) is 0.118. The van der Waals surface area contributed by atoms with Gasteiger partial charge >= 0.3 is 0 Å². The van der Waals surface area contributed by atoms with E-state index in [1.165, 1.54) is 4.88 Å². The minimum absolute atomic E-state index is 0.681. The van der Waals surface area contributed by atoms with Gasteiger partial charge in [-0.3, -0.25) is 0 Å². The van der Waals surface area contributed by atoms with Crippen LogP contribution in [0.3, 0.4) is 0 Å². The van der Waals surface area contributed by atoms with Gasteiger partial charge in [0.1, 0.15) is 5.82 Å². The second kappa shape index (κ2) is 5.48. The maximum absolute atomic E-state index is 4.66. The standard InChI is InChI=1S/C17H15N5S/c1-12-5-3-7-17-19-15(20-22(12)17)8-9-16-18-13(11-21(16)2)14-6-4-10-23-14/h3-11H,1-2H3. The van der Waals surface area contributed by atoms with E-state index in [4.69, 9.17) is 0 Å². The summed E-state index contributed by atoms with van der Waals surface area (Å²) in [6.07, 6.45) is 5.88. The third-order valence-corrected chi connectivity index (χ3v) is 4.53. The fourth-order valence-corrected chi connectivity index (χ4v) is 3.13. The quantitative estimate of drug-likeness (QED) is 0.578. The monoisotopic (exact) mass is 321 g/mol. The van der Waals surface area contributed by atoms with E-state index in [0.717, 1.165) is 22.9 Å². The number of pyridine rings is 1. The predicted octanol–water partition coefficient (Wildman–Crippen LogP) is 3.67. The summed E-state index contributed by atoms with van der Waals surface area (Å²) in [7, 11) is 1.99. The van der Waals surface area contributed by atoms with Crippen LogP contribution in [0.25, 0.3) is 28.4 Å². The fourth-order valence-electron chi connectivity index (χ4n) is 2.45. The minimum atomic E-state index is 0.681. The number of hydrogen-bond acceptors (Lipinski definition) is 4. The number of fused-ring (bicyclic) bond motifs is 1. The zero-order valence-electron chi connectivity index (χ0n) is 12.8. The van der Waals surface area contributed by atoms with Crippen molar-refractivity contribution in [3.8, 4) is 10.6 Å². The van der Waals surface area contributed by atoms with Crippen molar-refractivity contribution in [3.05, 3.63) is 59.3 Å². The van der Waals surface area contributed by atoms with E-state index >= 15 is 0 Å². The molecule has 4 rings (SSSR count).